The van der Waals surface area contributed by atoms with E-state index in [0.29, 0.717) is 5.56 Å². The minimum absolute atomic E-state index is 0.147. The Morgan fingerprint density at radius 3 is 2.08 bits per heavy atom. The van der Waals surface area contributed by atoms with Crippen LogP contribution in [0, 0.1) is 0 Å². The van der Waals surface area contributed by atoms with Gasteiger partial charge in [0.2, 0.25) is 0 Å². The highest BCUT2D eigenvalue weighted by atomic mass is 16.3. The van der Waals surface area contributed by atoms with Crippen molar-refractivity contribution in [3.05, 3.63) is 107 Å². The van der Waals surface area contributed by atoms with Crippen LogP contribution in [0.5, 0.6) is 0 Å². The molecule has 0 bridgehead atoms. The highest BCUT2D eigenvalue weighted by Crippen LogP contribution is 2.18. The number of aliphatic hydroxyl groups is 1. The second kappa shape index (κ2) is 8.27. The third-order valence-corrected chi connectivity index (χ3v) is 4.16. The number of nitrogens with zero attached hydrogens (tertiary/aromatic N) is 1. The topological polar surface area (TPSA) is 71.3 Å². The van der Waals surface area contributed by atoms with Gasteiger partial charge in [0.15, 0.2) is 6.10 Å². The Hall–Kier alpha value is -3.18. The van der Waals surface area contributed by atoms with Gasteiger partial charge >= 0.3 is 0 Å². The predicted octanol–water partition coefficient (Wildman–Crippen LogP) is 2.44. The Labute approximate surface area is 151 Å². The number of carbonyl (C=O) groups is 1. The lowest BCUT2D eigenvalue weighted by molar-refractivity contribution is -0.130. The van der Waals surface area contributed by atoms with Crippen molar-refractivity contribution in [3.63, 3.8) is 0 Å². The standard InChI is InChI=1S/C21H20N2O3/c24-19-13-7-8-14-23(19)15-18(16-9-3-1-4-10-16)22-21(26)20(25)17-11-5-2-6-12-17/h1-14,18,20,25H,15H2,(H,22,26). The second-order valence-electron chi connectivity index (χ2n) is 5.98. The first kappa shape index (κ1) is 17.6. The van der Waals surface area contributed by atoms with Crippen LogP contribution in [-0.4, -0.2) is 15.6 Å². The molecule has 2 unspecified atom stereocenters. The molecule has 0 aliphatic carbocycles. The molecule has 0 saturated carbocycles. The van der Waals surface area contributed by atoms with Crippen molar-refractivity contribution in [2.75, 3.05) is 0 Å². The summed E-state index contributed by atoms with van der Waals surface area (Å²) in [6.07, 6.45) is 0.410. The summed E-state index contributed by atoms with van der Waals surface area (Å²) in [5.74, 6) is -0.506. The van der Waals surface area contributed by atoms with Crippen LogP contribution in [-0.2, 0) is 11.3 Å². The number of benzene rings is 2. The van der Waals surface area contributed by atoms with Gasteiger partial charge in [0, 0.05) is 12.3 Å². The number of amides is 1. The van der Waals surface area contributed by atoms with Gasteiger partial charge in [-0.05, 0) is 17.2 Å². The smallest absolute Gasteiger partial charge is 0.254 e. The van der Waals surface area contributed by atoms with Gasteiger partial charge in [-0.25, -0.2) is 0 Å². The van der Waals surface area contributed by atoms with E-state index < -0.39 is 18.1 Å². The maximum Gasteiger partial charge on any atom is 0.254 e. The minimum Gasteiger partial charge on any atom is -0.378 e. The summed E-state index contributed by atoms with van der Waals surface area (Å²) >= 11 is 0. The van der Waals surface area contributed by atoms with Crippen molar-refractivity contribution >= 4 is 5.91 Å². The third-order valence-electron chi connectivity index (χ3n) is 4.16. The van der Waals surface area contributed by atoms with Gasteiger partial charge in [0.25, 0.3) is 11.5 Å². The zero-order chi connectivity index (χ0) is 18.4. The van der Waals surface area contributed by atoms with Crippen LogP contribution >= 0.6 is 0 Å². The Balaban J connectivity index is 1.83. The molecule has 1 amide bonds. The SMILES string of the molecule is O=C(NC(Cn1ccccc1=O)c1ccccc1)C(O)c1ccccc1. The van der Waals surface area contributed by atoms with Gasteiger partial charge in [-0.15, -0.1) is 0 Å². The summed E-state index contributed by atoms with van der Waals surface area (Å²) < 4.78 is 1.53. The molecule has 132 valence electrons. The number of hydrogen-bond donors (Lipinski definition) is 2. The molecule has 0 saturated heterocycles. The normalized spacial score (nSPS) is 13.0. The molecule has 0 radical (unpaired) electrons. The van der Waals surface area contributed by atoms with Gasteiger partial charge in [-0.1, -0.05) is 66.7 Å². The summed E-state index contributed by atoms with van der Waals surface area (Å²) in [7, 11) is 0. The van der Waals surface area contributed by atoms with E-state index in [9.17, 15) is 14.7 Å². The van der Waals surface area contributed by atoms with Crippen LogP contribution in [0.3, 0.4) is 0 Å². The van der Waals surface area contributed by atoms with Gasteiger partial charge in [0.05, 0.1) is 12.6 Å². The average molecular weight is 348 g/mol. The lowest BCUT2D eigenvalue weighted by atomic mass is 10.0. The number of rotatable bonds is 6. The first-order chi connectivity index (χ1) is 12.6. The molecule has 2 N–H and O–H groups in total. The fraction of sp³-hybridized carbons (Fsp3) is 0.143. The molecule has 0 spiro atoms. The van der Waals surface area contributed by atoms with Crippen molar-refractivity contribution in [2.45, 2.75) is 18.7 Å². The highest BCUT2D eigenvalue weighted by molar-refractivity contribution is 5.82. The molecule has 1 heterocycles. The largest absolute Gasteiger partial charge is 0.378 e. The summed E-state index contributed by atoms with van der Waals surface area (Å²) in [6, 6.07) is 22.6. The van der Waals surface area contributed by atoms with Gasteiger partial charge < -0.3 is 15.0 Å². The van der Waals surface area contributed by atoms with Crippen LogP contribution in [0.1, 0.15) is 23.3 Å². The minimum atomic E-state index is -1.27. The fourth-order valence-corrected chi connectivity index (χ4v) is 2.77. The predicted molar refractivity (Wildman–Crippen MR) is 99.4 cm³/mol. The van der Waals surface area contributed by atoms with Crippen LogP contribution in [0.4, 0.5) is 0 Å². The van der Waals surface area contributed by atoms with Crippen molar-refractivity contribution in [3.8, 4) is 0 Å². The van der Waals surface area contributed by atoms with Crippen molar-refractivity contribution in [2.24, 2.45) is 0 Å². The Morgan fingerprint density at radius 2 is 1.46 bits per heavy atom. The molecule has 3 aromatic rings. The number of aromatic nitrogens is 1. The van der Waals surface area contributed by atoms with Gasteiger partial charge in [0.1, 0.15) is 0 Å². The molecular formula is C21H20N2O3. The summed E-state index contributed by atoms with van der Waals surface area (Å²) in [5, 5.41) is 13.2. The first-order valence-electron chi connectivity index (χ1n) is 8.39. The van der Waals surface area contributed by atoms with Crippen LogP contribution < -0.4 is 10.9 Å². The summed E-state index contributed by atoms with van der Waals surface area (Å²) in [5.41, 5.74) is 1.23. The number of hydrogen-bond acceptors (Lipinski definition) is 3. The molecule has 5 heteroatoms. The van der Waals surface area contributed by atoms with E-state index in [2.05, 4.69) is 5.32 Å². The van der Waals surface area contributed by atoms with E-state index in [1.807, 2.05) is 36.4 Å². The van der Waals surface area contributed by atoms with Gasteiger partial charge in [-0.3, -0.25) is 9.59 Å². The maximum atomic E-state index is 12.6. The molecule has 0 aliphatic rings. The third kappa shape index (κ3) is 4.26. The molecule has 2 aromatic carbocycles. The van der Waals surface area contributed by atoms with E-state index in [1.54, 1.807) is 42.6 Å². The van der Waals surface area contributed by atoms with Crippen molar-refractivity contribution < 1.29 is 9.90 Å². The molecule has 3 rings (SSSR count). The van der Waals surface area contributed by atoms with Crippen LogP contribution in [0.25, 0.3) is 0 Å². The zero-order valence-electron chi connectivity index (χ0n) is 14.2. The van der Waals surface area contributed by atoms with Crippen LogP contribution in [0.2, 0.25) is 0 Å². The molecule has 0 fully saturated rings. The number of pyridine rings is 1. The highest BCUT2D eigenvalue weighted by Gasteiger charge is 2.22. The number of carbonyl (C=O) groups excluding carboxylic acids is 1. The van der Waals surface area contributed by atoms with E-state index in [0.717, 1.165) is 5.56 Å². The maximum absolute atomic E-state index is 12.6. The van der Waals surface area contributed by atoms with E-state index in [-0.39, 0.29) is 12.1 Å². The number of aliphatic hydroxyl groups excluding tert-OH is 1. The van der Waals surface area contributed by atoms with E-state index in [4.69, 9.17) is 0 Å². The van der Waals surface area contributed by atoms with Gasteiger partial charge in [-0.2, -0.15) is 0 Å². The van der Waals surface area contributed by atoms with E-state index >= 15 is 0 Å². The molecule has 26 heavy (non-hydrogen) atoms. The quantitative estimate of drug-likeness (QED) is 0.719. The lowest BCUT2D eigenvalue weighted by Crippen LogP contribution is -2.36. The summed E-state index contributed by atoms with van der Waals surface area (Å²) in [4.78, 5) is 24.6. The lowest BCUT2D eigenvalue weighted by Gasteiger charge is -2.22. The molecular weight excluding hydrogens is 328 g/mol. The van der Waals surface area contributed by atoms with Crippen molar-refractivity contribution in [1.82, 2.24) is 9.88 Å². The van der Waals surface area contributed by atoms with E-state index in [1.165, 1.54) is 10.6 Å². The number of nitrogens with one attached hydrogen (secondary N) is 1. The fourth-order valence-electron chi connectivity index (χ4n) is 2.77. The Morgan fingerprint density at radius 1 is 0.885 bits per heavy atom. The molecule has 2 atom stereocenters. The van der Waals surface area contributed by atoms with Crippen molar-refractivity contribution in [1.29, 1.82) is 0 Å². The monoisotopic (exact) mass is 348 g/mol. The molecule has 0 aliphatic heterocycles. The molecule has 1 aromatic heterocycles. The summed E-state index contributed by atoms with van der Waals surface area (Å²) in [6.45, 7) is 0.275. The zero-order valence-corrected chi connectivity index (χ0v) is 14.2. The van der Waals surface area contributed by atoms with Crippen LogP contribution in [0.15, 0.2) is 89.9 Å². The second-order valence-corrected chi connectivity index (χ2v) is 5.98. The first-order valence-corrected chi connectivity index (χ1v) is 8.39. The average Bonchev–Trinajstić information content (AvgIpc) is 2.69. The Bertz CT molecular complexity index is 907. The molecule has 5 nitrogen and oxygen atoms in total. The Kier molecular flexibility index (Phi) is 5.61.